The number of halogens is 1. The predicted octanol–water partition coefficient (Wildman–Crippen LogP) is 1.07. The number of carbonyl (C=O) groups excluding carboxylic acids is 1. The number of nitrogens with one attached hydrogen (secondary N) is 1. The Morgan fingerprint density at radius 1 is 1.45 bits per heavy atom. The molecule has 3 N–H and O–H groups in total. The van der Waals surface area contributed by atoms with E-state index in [0.29, 0.717) is 12.4 Å². The Bertz CT molecular complexity index is 605. The Morgan fingerprint density at radius 2 is 2.10 bits per heavy atom. The molecule has 0 spiro atoms. The molecule has 0 aliphatic rings. The van der Waals surface area contributed by atoms with Crippen LogP contribution in [0.1, 0.15) is 18.3 Å². The number of aryl methyl sites for hydroxylation is 1. The van der Waals surface area contributed by atoms with Gasteiger partial charge in [0.05, 0.1) is 6.54 Å². The Balaban J connectivity index is 2.07. The van der Waals surface area contributed by atoms with E-state index in [2.05, 4.69) is 31.4 Å². The Labute approximate surface area is 125 Å². The molecule has 1 atom stereocenters. The molecule has 106 valence electrons. The van der Waals surface area contributed by atoms with Gasteiger partial charge in [0.15, 0.2) is 5.82 Å². The Hall–Kier alpha value is -1.73. The molecule has 20 heavy (non-hydrogen) atoms. The summed E-state index contributed by atoms with van der Waals surface area (Å²) in [6, 6.07) is 7.37. The average Bonchev–Trinajstić information content (AvgIpc) is 2.82. The van der Waals surface area contributed by atoms with Crippen molar-refractivity contribution in [1.29, 1.82) is 0 Å². The topological polar surface area (TPSA) is 85.8 Å². The molecule has 0 aliphatic carbocycles. The van der Waals surface area contributed by atoms with E-state index in [0.717, 1.165) is 10.0 Å². The third kappa shape index (κ3) is 3.05. The number of nitrogens with zero attached hydrogens (tertiary/aromatic N) is 3. The minimum Gasteiger partial charge on any atom is -0.347 e. The molecule has 0 saturated heterocycles. The second-order valence-corrected chi connectivity index (χ2v) is 5.67. The molecule has 0 fully saturated rings. The fourth-order valence-electron chi connectivity index (χ4n) is 1.74. The Morgan fingerprint density at radius 3 is 2.65 bits per heavy atom. The first kappa shape index (κ1) is 14.7. The molecule has 2 aromatic rings. The number of hydrogen-bond donors (Lipinski definition) is 2. The highest BCUT2D eigenvalue weighted by molar-refractivity contribution is 9.10. The van der Waals surface area contributed by atoms with Gasteiger partial charge in [0.2, 0.25) is 5.91 Å². The smallest absolute Gasteiger partial charge is 0.244 e. The highest BCUT2D eigenvalue weighted by Gasteiger charge is 2.30. The number of aromatic nitrogens is 3. The van der Waals surface area contributed by atoms with Crippen LogP contribution in [0.3, 0.4) is 0 Å². The first-order valence-corrected chi connectivity index (χ1v) is 6.86. The zero-order chi connectivity index (χ0) is 14.8. The zero-order valence-electron chi connectivity index (χ0n) is 11.3. The van der Waals surface area contributed by atoms with E-state index in [4.69, 9.17) is 5.73 Å². The summed E-state index contributed by atoms with van der Waals surface area (Å²) in [6.45, 7) is 1.97. The number of carbonyl (C=O) groups is 1. The van der Waals surface area contributed by atoms with Crippen LogP contribution in [0, 0.1) is 0 Å². The fraction of sp³-hybridized carbons (Fsp3) is 0.308. The summed E-state index contributed by atoms with van der Waals surface area (Å²) in [5, 5.41) is 10.4. The van der Waals surface area contributed by atoms with E-state index in [1.54, 1.807) is 17.8 Å². The molecule has 1 amide bonds. The van der Waals surface area contributed by atoms with Crippen molar-refractivity contribution in [2.45, 2.75) is 19.0 Å². The second-order valence-electron chi connectivity index (χ2n) is 4.75. The van der Waals surface area contributed by atoms with Crippen LogP contribution in [0.15, 0.2) is 35.1 Å². The van der Waals surface area contributed by atoms with Gasteiger partial charge in [0, 0.05) is 11.5 Å². The number of benzene rings is 1. The number of rotatable bonds is 4. The monoisotopic (exact) mass is 337 g/mol. The summed E-state index contributed by atoms with van der Waals surface area (Å²) >= 11 is 3.35. The Kier molecular flexibility index (Phi) is 4.20. The van der Waals surface area contributed by atoms with Crippen LogP contribution in [0.25, 0.3) is 0 Å². The lowest BCUT2D eigenvalue weighted by Crippen LogP contribution is -2.48. The maximum Gasteiger partial charge on any atom is 0.244 e. The minimum absolute atomic E-state index is 0.261. The van der Waals surface area contributed by atoms with Gasteiger partial charge < -0.3 is 15.6 Å². The van der Waals surface area contributed by atoms with E-state index in [1.807, 2.05) is 31.3 Å². The molecular weight excluding hydrogens is 322 g/mol. The zero-order valence-corrected chi connectivity index (χ0v) is 12.9. The highest BCUT2D eigenvalue weighted by atomic mass is 79.9. The van der Waals surface area contributed by atoms with Crippen molar-refractivity contribution in [1.82, 2.24) is 20.1 Å². The normalized spacial score (nSPS) is 13.8. The van der Waals surface area contributed by atoms with Gasteiger partial charge in [0.1, 0.15) is 11.9 Å². The highest BCUT2D eigenvalue weighted by Crippen LogP contribution is 2.20. The minimum atomic E-state index is -1.10. The molecule has 1 aromatic heterocycles. The molecule has 1 aromatic carbocycles. The summed E-state index contributed by atoms with van der Waals surface area (Å²) in [6.07, 6.45) is 1.58. The van der Waals surface area contributed by atoms with E-state index in [9.17, 15) is 4.79 Å². The van der Waals surface area contributed by atoms with E-state index < -0.39 is 5.54 Å². The second kappa shape index (κ2) is 5.72. The van der Waals surface area contributed by atoms with Gasteiger partial charge in [-0.25, -0.2) is 0 Å². The van der Waals surface area contributed by atoms with Crippen LogP contribution < -0.4 is 11.1 Å². The summed E-state index contributed by atoms with van der Waals surface area (Å²) < 4.78 is 2.69. The molecule has 0 radical (unpaired) electrons. The van der Waals surface area contributed by atoms with Crippen LogP contribution in [-0.4, -0.2) is 20.7 Å². The van der Waals surface area contributed by atoms with Crippen molar-refractivity contribution in [3.05, 3.63) is 46.5 Å². The summed E-state index contributed by atoms with van der Waals surface area (Å²) in [5.41, 5.74) is 5.79. The average molecular weight is 338 g/mol. The molecule has 0 bridgehead atoms. The predicted molar refractivity (Wildman–Crippen MR) is 78.5 cm³/mol. The third-order valence-electron chi connectivity index (χ3n) is 3.13. The van der Waals surface area contributed by atoms with Crippen LogP contribution >= 0.6 is 15.9 Å². The lowest BCUT2D eigenvalue weighted by atomic mass is 9.92. The van der Waals surface area contributed by atoms with E-state index in [-0.39, 0.29) is 5.91 Å². The van der Waals surface area contributed by atoms with Crippen molar-refractivity contribution < 1.29 is 4.79 Å². The van der Waals surface area contributed by atoms with Gasteiger partial charge in [-0.2, -0.15) is 0 Å². The van der Waals surface area contributed by atoms with Crippen molar-refractivity contribution in [2.24, 2.45) is 12.8 Å². The van der Waals surface area contributed by atoms with Gasteiger partial charge in [-0.15, -0.1) is 10.2 Å². The molecular formula is C13H16BrN5O. The maximum absolute atomic E-state index is 12.3. The molecule has 0 saturated carbocycles. The lowest BCUT2D eigenvalue weighted by Gasteiger charge is -2.24. The number of nitrogens with two attached hydrogens (primary N) is 1. The van der Waals surface area contributed by atoms with Crippen LogP contribution in [0.4, 0.5) is 0 Å². The van der Waals surface area contributed by atoms with E-state index in [1.165, 1.54) is 0 Å². The number of hydrogen-bond acceptors (Lipinski definition) is 4. The van der Waals surface area contributed by atoms with Crippen LogP contribution in [-0.2, 0) is 23.9 Å². The molecule has 1 unspecified atom stereocenters. The van der Waals surface area contributed by atoms with Crippen LogP contribution in [0.5, 0.6) is 0 Å². The molecule has 1 heterocycles. The SMILES string of the molecule is Cn1cnnc1CNC(=O)C(C)(N)c1ccc(Br)cc1. The van der Waals surface area contributed by atoms with Gasteiger partial charge >= 0.3 is 0 Å². The van der Waals surface area contributed by atoms with Gasteiger partial charge in [0.25, 0.3) is 0 Å². The van der Waals surface area contributed by atoms with Crippen molar-refractivity contribution >= 4 is 21.8 Å². The van der Waals surface area contributed by atoms with Gasteiger partial charge in [-0.1, -0.05) is 28.1 Å². The summed E-state index contributed by atoms with van der Waals surface area (Å²) in [4.78, 5) is 12.3. The third-order valence-corrected chi connectivity index (χ3v) is 3.66. The van der Waals surface area contributed by atoms with Crippen LogP contribution in [0.2, 0.25) is 0 Å². The van der Waals surface area contributed by atoms with Gasteiger partial charge in [-0.05, 0) is 24.6 Å². The molecule has 6 nitrogen and oxygen atoms in total. The van der Waals surface area contributed by atoms with E-state index >= 15 is 0 Å². The molecule has 7 heteroatoms. The fourth-order valence-corrected chi connectivity index (χ4v) is 2.00. The van der Waals surface area contributed by atoms with Crippen molar-refractivity contribution in [3.8, 4) is 0 Å². The largest absolute Gasteiger partial charge is 0.347 e. The van der Waals surface area contributed by atoms with Gasteiger partial charge in [-0.3, -0.25) is 4.79 Å². The number of amides is 1. The quantitative estimate of drug-likeness (QED) is 0.873. The lowest BCUT2D eigenvalue weighted by molar-refractivity contribution is -0.126. The standard InChI is InChI=1S/C13H16BrN5O/c1-13(15,9-3-5-10(14)6-4-9)12(20)16-7-11-18-17-8-19(11)2/h3-6,8H,7,15H2,1-2H3,(H,16,20). The molecule has 2 rings (SSSR count). The van der Waals surface area contributed by atoms with Crippen molar-refractivity contribution in [2.75, 3.05) is 0 Å². The molecule has 0 aliphatic heterocycles. The first-order valence-electron chi connectivity index (χ1n) is 6.07. The first-order chi connectivity index (χ1) is 9.41. The summed E-state index contributed by atoms with van der Waals surface area (Å²) in [5.74, 6) is 0.410. The summed E-state index contributed by atoms with van der Waals surface area (Å²) in [7, 11) is 1.82. The maximum atomic E-state index is 12.3. The van der Waals surface area contributed by atoms with Crippen molar-refractivity contribution in [3.63, 3.8) is 0 Å².